The van der Waals surface area contributed by atoms with Crippen LogP contribution in [0.4, 0.5) is 0 Å². The fourth-order valence-corrected chi connectivity index (χ4v) is 2.22. The lowest BCUT2D eigenvalue weighted by Crippen LogP contribution is -2.27. The number of carbonyl (C=O) groups is 2. The summed E-state index contributed by atoms with van der Waals surface area (Å²) in [7, 11) is 0. The maximum Gasteiger partial charge on any atom is 0.311 e. The van der Waals surface area contributed by atoms with Gasteiger partial charge in [0.15, 0.2) is 0 Å². The summed E-state index contributed by atoms with van der Waals surface area (Å²) in [6, 6.07) is 9.79. The van der Waals surface area contributed by atoms with Gasteiger partial charge in [-0.3, -0.25) is 9.59 Å². The van der Waals surface area contributed by atoms with Gasteiger partial charge in [-0.05, 0) is 19.4 Å². The molecule has 1 unspecified atom stereocenters. The molecule has 0 radical (unpaired) electrons. The van der Waals surface area contributed by atoms with Gasteiger partial charge in [-0.15, -0.1) is 0 Å². The van der Waals surface area contributed by atoms with Crippen LogP contribution in [0, 0.1) is 5.92 Å². The molecule has 1 aliphatic heterocycles. The number of nitrogens with zero attached hydrogens (tertiary/aromatic N) is 1. The van der Waals surface area contributed by atoms with Crippen LogP contribution >= 0.6 is 0 Å². The van der Waals surface area contributed by atoms with Gasteiger partial charge in [-0.2, -0.15) is 0 Å². The minimum Gasteiger partial charge on any atom is -0.463 e. The predicted octanol–water partition coefficient (Wildman–Crippen LogP) is 1.99. The molecule has 1 fully saturated rings. The maximum atomic E-state index is 11.9. The van der Waals surface area contributed by atoms with E-state index in [0.717, 1.165) is 5.56 Å². The van der Waals surface area contributed by atoms with E-state index in [-0.39, 0.29) is 30.3 Å². The smallest absolute Gasteiger partial charge is 0.311 e. The molecule has 2 rings (SSSR count). The Balaban J connectivity index is 1.94. The summed E-state index contributed by atoms with van der Waals surface area (Å²) in [4.78, 5) is 25.4. The Morgan fingerprint density at radius 3 is 2.68 bits per heavy atom. The molecule has 1 saturated heterocycles. The van der Waals surface area contributed by atoms with E-state index in [1.807, 2.05) is 44.2 Å². The zero-order chi connectivity index (χ0) is 13.8. The molecule has 102 valence electrons. The van der Waals surface area contributed by atoms with Crippen molar-refractivity contribution in [3.8, 4) is 0 Å². The third-order valence-corrected chi connectivity index (χ3v) is 3.12. The van der Waals surface area contributed by atoms with E-state index in [2.05, 4.69) is 0 Å². The number of amides is 1. The number of rotatable bonds is 4. The van der Waals surface area contributed by atoms with E-state index in [4.69, 9.17) is 4.74 Å². The standard InChI is InChI=1S/C15H19NO3/c1-11(2)19-15(18)13-8-14(17)16(10-13)9-12-6-4-3-5-7-12/h3-7,11,13H,8-10H2,1-2H3. The van der Waals surface area contributed by atoms with Crippen molar-refractivity contribution in [1.82, 2.24) is 4.90 Å². The van der Waals surface area contributed by atoms with Crippen LogP contribution in [0.5, 0.6) is 0 Å². The molecule has 4 nitrogen and oxygen atoms in total. The Hall–Kier alpha value is -1.84. The lowest BCUT2D eigenvalue weighted by molar-refractivity contribution is -0.152. The SMILES string of the molecule is CC(C)OC(=O)C1CC(=O)N(Cc2ccccc2)C1. The molecule has 1 amide bonds. The van der Waals surface area contributed by atoms with Crippen molar-refractivity contribution < 1.29 is 14.3 Å². The van der Waals surface area contributed by atoms with Gasteiger partial charge in [0.2, 0.25) is 5.91 Å². The van der Waals surface area contributed by atoms with Crippen molar-refractivity contribution in [2.75, 3.05) is 6.54 Å². The van der Waals surface area contributed by atoms with Crippen LogP contribution in [0.15, 0.2) is 30.3 Å². The quantitative estimate of drug-likeness (QED) is 0.779. The molecule has 0 spiro atoms. The van der Waals surface area contributed by atoms with Crippen LogP contribution in [-0.2, 0) is 20.9 Å². The molecule has 19 heavy (non-hydrogen) atoms. The summed E-state index contributed by atoms with van der Waals surface area (Å²) in [5.41, 5.74) is 1.08. The lowest BCUT2D eigenvalue weighted by atomic mass is 10.1. The van der Waals surface area contributed by atoms with Crippen molar-refractivity contribution in [1.29, 1.82) is 0 Å². The van der Waals surface area contributed by atoms with Gasteiger partial charge in [0, 0.05) is 19.5 Å². The highest BCUT2D eigenvalue weighted by molar-refractivity contribution is 5.86. The van der Waals surface area contributed by atoms with Gasteiger partial charge < -0.3 is 9.64 Å². The number of carbonyl (C=O) groups excluding carboxylic acids is 2. The summed E-state index contributed by atoms with van der Waals surface area (Å²) in [5.74, 6) is -0.563. The Kier molecular flexibility index (Phi) is 4.20. The first-order valence-corrected chi connectivity index (χ1v) is 6.58. The number of likely N-dealkylation sites (tertiary alicyclic amines) is 1. The van der Waals surface area contributed by atoms with Crippen LogP contribution in [0.1, 0.15) is 25.8 Å². The monoisotopic (exact) mass is 261 g/mol. The molecule has 1 aromatic rings. The fourth-order valence-electron chi connectivity index (χ4n) is 2.22. The molecule has 1 atom stereocenters. The molecular weight excluding hydrogens is 242 g/mol. The fraction of sp³-hybridized carbons (Fsp3) is 0.467. The van der Waals surface area contributed by atoms with Crippen molar-refractivity contribution in [2.45, 2.75) is 32.9 Å². The van der Waals surface area contributed by atoms with Crippen molar-refractivity contribution >= 4 is 11.9 Å². The van der Waals surface area contributed by atoms with Crippen LogP contribution < -0.4 is 0 Å². The average Bonchev–Trinajstić information content (AvgIpc) is 2.72. The number of hydrogen-bond acceptors (Lipinski definition) is 3. The van der Waals surface area contributed by atoms with Crippen molar-refractivity contribution in [2.24, 2.45) is 5.92 Å². The van der Waals surface area contributed by atoms with E-state index in [1.54, 1.807) is 4.90 Å². The Morgan fingerprint density at radius 1 is 1.37 bits per heavy atom. The molecule has 0 saturated carbocycles. The van der Waals surface area contributed by atoms with Gasteiger partial charge in [0.1, 0.15) is 0 Å². The zero-order valence-corrected chi connectivity index (χ0v) is 11.3. The van der Waals surface area contributed by atoms with E-state index in [9.17, 15) is 9.59 Å². The number of hydrogen-bond donors (Lipinski definition) is 0. The van der Waals surface area contributed by atoms with E-state index in [1.165, 1.54) is 0 Å². The Morgan fingerprint density at radius 2 is 2.05 bits per heavy atom. The summed E-state index contributed by atoms with van der Waals surface area (Å²) in [6.45, 7) is 4.65. The van der Waals surface area contributed by atoms with Gasteiger partial charge in [-0.1, -0.05) is 30.3 Å². The van der Waals surface area contributed by atoms with Crippen LogP contribution in [0.3, 0.4) is 0 Å². The first kappa shape index (κ1) is 13.6. The largest absolute Gasteiger partial charge is 0.463 e. The number of benzene rings is 1. The second kappa shape index (κ2) is 5.87. The highest BCUT2D eigenvalue weighted by Gasteiger charge is 2.35. The third kappa shape index (κ3) is 3.56. The molecule has 4 heteroatoms. The molecule has 1 aromatic carbocycles. The van der Waals surface area contributed by atoms with E-state index < -0.39 is 0 Å². The first-order chi connectivity index (χ1) is 9.06. The highest BCUT2D eigenvalue weighted by atomic mass is 16.5. The van der Waals surface area contributed by atoms with Gasteiger partial charge in [-0.25, -0.2) is 0 Å². The number of ether oxygens (including phenoxy) is 1. The molecule has 0 aliphatic carbocycles. The van der Waals surface area contributed by atoms with Crippen LogP contribution in [-0.4, -0.2) is 29.4 Å². The van der Waals surface area contributed by atoms with Crippen molar-refractivity contribution in [3.63, 3.8) is 0 Å². The first-order valence-electron chi connectivity index (χ1n) is 6.58. The zero-order valence-electron chi connectivity index (χ0n) is 11.3. The average molecular weight is 261 g/mol. The second-order valence-electron chi connectivity index (χ2n) is 5.15. The minimum absolute atomic E-state index is 0.0227. The summed E-state index contributed by atoms with van der Waals surface area (Å²) in [6.07, 6.45) is 0.129. The number of esters is 1. The van der Waals surface area contributed by atoms with Gasteiger partial charge in [0.25, 0.3) is 0 Å². The molecule has 1 heterocycles. The maximum absolute atomic E-state index is 11.9. The highest BCUT2D eigenvalue weighted by Crippen LogP contribution is 2.21. The molecular formula is C15H19NO3. The summed E-state index contributed by atoms with van der Waals surface area (Å²) in [5, 5.41) is 0. The van der Waals surface area contributed by atoms with E-state index >= 15 is 0 Å². The van der Waals surface area contributed by atoms with Gasteiger partial charge >= 0.3 is 5.97 Å². The van der Waals surface area contributed by atoms with Crippen LogP contribution in [0.2, 0.25) is 0 Å². The normalized spacial score (nSPS) is 19.0. The second-order valence-corrected chi connectivity index (χ2v) is 5.15. The van der Waals surface area contributed by atoms with Crippen LogP contribution in [0.25, 0.3) is 0 Å². The summed E-state index contributed by atoms with van der Waals surface area (Å²) >= 11 is 0. The Bertz CT molecular complexity index is 456. The molecule has 0 aromatic heterocycles. The summed E-state index contributed by atoms with van der Waals surface area (Å²) < 4.78 is 5.16. The lowest BCUT2D eigenvalue weighted by Gasteiger charge is -2.17. The van der Waals surface area contributed by atoms with Gasteiger partial charge in [0.05, 0.1) is 12.0 Å². The predicted molar refractivity (Wildman–Crippen MR) is 71.2 cm³/mol. The molecule has 1 aliphatic rings. The topological polar surface area (TPSA) is 46.6 Å². The molecule has 0 bridgehead atoms. The third-order valence-electron chi connectivity index (χ3n) is 3.12. The van der Waals surface area contributed by atoms with Crippen molar-refractivity contribution in [3.05, 3.63) is 35.9 Å². The molecule has 0 N–H and O–H groups in total. The minimum atomic E-state index is -0.321. The Labute approximate surface area is 113 Å². The van der Waals surface area contributed by atoms with E-state index in [0.29, 0.717) is 13.1 Å².